The summed E-state index contributed by atoms with van der Waals surface area (Å²) in [6, 6.07) is 6.71. The Morgan fingerprint density at radius 3 is 2.89 bits per heavy atom. The normalized spacial score (nSPS) is 21.4. The van der Waals surface area contributed by atoms with Gasteiger partial charge in [-0.25, -0.2) is 0 Å². The number of nitrogens with two attached hydrogens (primary N) is 1. The van der Waals surface area contributed by atoms with Crippen molar-refractivity contribution in [3.8, 4) is 5.75 Å². The third-order valence-electron chi connectivity index (χ3n) is 4.45. The first-order chi connectivity index (χ1) is 8.83. The lowest BCUT2D eigenvalue weighted by Crippen LogP contribution is -2.17. The summed E-state index contributed by atoms with van der Waals surface area (Å²) in [6.45, 7) is 0.830. The topological polar surface area (TPSA) is 35.2 Å². The molecule has 1 aromatic carbocycles. The highest BCUT2D eigenvalue weighted by Crippen LogP contribution is 2.33. The van der Waals surface area contributed by atoms with Gasteiger partial charge in [-0.15, -0.1) is 0 Å². The van der Waals surface area contributed by atoms with E-state index in [1.165, 1.54) is 43.2 Å². The number of hydrogen-bond donors (Lipinski definition) is 1. The molecule has 2 heteroatoms. The SMILES string of the molecule is NC(CC1CCCCC1)c1ccc2c(c1)CCO2. The summed E-state index contributed by atoms with van der Waals surface area (Å²) >= 11 is 0. The first kappa shape index (κ1) is 12.0. The number of fused-ring (bicyclic) bond motifs is 1. The molecule has 0 amide bonds. The summed E-state index contributed by atoms with van der Waals surface area (Å²) in [6.07, 6.45) is 9.16. The molecule has 3 rings (SSSR count). The van der Waals surface area contributed by atoms with Crippen LogP contribution in [0.5, 0.6) is 5.75 Å². The van der Waals surface area contributed by atoms with Crippen molar-refractivity contribution in [2.24, 2.45) is 11.7 Å². The van der Waals surface area contributed by atoms with Gasteiger partial charge in [0, 0.05) is 12.5 Å². The Morgan fingerprint density at radius 2 is 2.06 bits per heavy atom. The third-order valence-corrected chi connectivity index (χ3v) is 4.45. The fraction of sp³-hybridized carbons (Fsp3) is 0.625. The average molecular weight is 245 g/mol. The molecule has 1 saturated carbocycles. The Kier molecular flexibility index (Phi) is 3.55. The van der Waals surface area contributed by atoms with Gasteiger partial charge in [0.2, 0.25) is 0 Å². The highest BCUT2D eigenvalue weighted by molar-refractivity contribution is 5.40. The first-order valence-corrected chi connectivity index (χ1v) is 7.34. The molecule has 2 N–H and O–H groups in total. The summed E-state index contributed by atoms with van der Waals surface area (Å²) in [7, 11) is 0. The van der Waals surface area contributed by atoms with Crippen LogP contribution in [0.1, 0.15) is 55.7 Å². The van der Waals surface area contributed by atoms with E-state index >= 15 is 0 Å². The molecule has 0 saturated heterocycles. The average Bonchev–Trinajstić information content (AvgIpc) is 2.87. The highest BCUT2D eigenvalue weighted by atomic mass is 16.5. The Bertz CT molecular complexity index is 410. The van der Waals surface area contributed by atoms with Gasteiger partial charge in [-0.3, -0.25) is 0 Å². The lowest BCUT2D eigenvalue weighted by atomic mass is 9.83. The van der Waals surface area contributed by atoms with Crippen molar-refractivity contribution in [3.63, 3.8) is 0 Å². The predicted molar refractivity (Wildman–Crippen MR) is 73.8 cm³/mol. The van der Waals surface area contributed by atoms with Crippen LogP contribution in [0.25, 0.3) is 0 Å². The summed E-state index contributed by atoms with van der Waals surface area (Å²) in [5, 5.41) is 0. The van der Waals surface area contributed by atoms with Crippen LogP contribution in [-0.2, 0) is 6.42 Å². The second kappa shape index (κ2) is 5.31. The van der Waals surface area contributed by atoms with E-state index in [1.807, 2.05) is 0 Å². The fourth-order valence-electron chi connectivity index (χ4n) is 3.36. The molecule has 2 aliphatic rings. The van der Waals surface area contributed by atoms with Gasteiger partial charge >= 0.3 is 0 Å². The van der Waals surface area contributed by atoms with Crippen LogP contribution < -0.4 is 10.5 Å². The Morgan fingerprint density at radius 1 is 1.22 bits per heavy atom. The van der Waals surface area contributed by atoms with Crippen molar-refractivity contribution in [1.82, 2.24) is 0 Å². The van der Waals surface area contributed by atoms with Crippen LogP contribution in [0.15, 0.2) is 18.2 Å². The van der Waals surface area contributed by atoms with E-state index < -0.39 is 0 Å². The number of hydrogen-bond acceptors (Lipinski definition) is 2. The largest absolute Gasteiger partial charge is 0.493 e. The molecule has 0 radical (unpaired) electrons. The van der Waals surface area contributed by atoms with E-state index in [0.29, 0.717) is 0 Å². The lowest BCUT2D eigenvalue weighted by molar-refractivity contribution is 0.319. The van der Waals surface area contributed by atoms with Crippen molar-refractivity contribution in [2.75, 3.05) is 6.61 Å². The van der Waals surface area contributed by atoms with Gasteiger partial charge in [0.05, 0.1) is 6.61 Å². The number of benzene rings is 1. The highest BCUT2D eigenvalue weighted by Gasteiger charge is 2.19. The molecule has 1 fully saturated rings. The zero-order chi connectivity index (χ0) is 12.4. The zero-order valence-electron chi connectivity index (χ0n) is 11.0. The van der Waals surface area contributed by atoms with Gasteiger partial charge in [0.15, 0.2) is 0 Å². The zero-order valence-corrected chi connectivity index (χ0v) is 11.0. The smallest absolute Gasteiger partial charge is 0.122 e. The maximum atomic E-state index is 6.38. The summed E-state index contributed by atoms with van der Waals surface area (Å²) in [5.74, 6) is 1.90. The second-order valence-electron chi connectivity index (χ2n) is 5.81. The van der Waals surface area contributed by atoms with Gasteiger partial charge in [-0.05, 0) is 29.5 Å². The second-order valence-corrected chi connectivity index (χ2v) is 5.81. The van der Waals surface area contributed by atoms with Crippen molar-refractivity contribution in [3.05, 3.63) is 29.3 Å². The van der Waals surface area contributed by atoms with Crippen LogP contribution in [0.2, 0.25) is 0 Å². The maximum absolute atomic E-state index is 6.38. The van der Waals surface area contributed by atoms with E-state index in [0.717, 1.165) is 31.1 Å². The van der Waals surface area contributed by atoms with E-state index in [2.05, 4.69) is 18.2 Å². The molecule has 0 bridgehead atoms. The molecule has 1 aliphatic heterocycles. The summed E-state index contributed by atoms with van der Waals surface area (Å²) in [5.41, 5.74) is 9.01. The molecule has 1 heterocycles. The van der Waals surface area contributed by atoms with Crippen molar-refractivity contribution < 1.29 is 4.74 Å². The molecule has 2 nitrogen and oxygen atoms in total. The van der Waals surface area contributed by atoms with Gasteiger partial charge in [-0.2, -0.15) is 0 Å². The van der Waals surface area contributed by atoms with Crippen molar-refractivity contribution in [1.29, 1.82) is 0 Å². The maximum Gasteiger partial charge on any atom is 0.122 e. The summed E-state index contributed by atoms with van der Waals surface area (Å²) in [4.78, 5) is 0. The number of rotatable bonds is 3. The van der Waals surface area contributed by atoms with E-state index in [1.54, 1.807) is 0 Å². The molecule has 18 heavy (non-hydrogen) atoms. The first-order valence-electron chi connectivity index (χ1n) is 7.34. The third kappa shape index (κ3) is 2.54. The Balaban J connectivity index is 1.66. The molecule has 1 aliphatic carbocycles. The standard InChI is InChI=1S/C16H23NO/c17-15(10-12-4-2-1-3-5-12)13-6-7-16-14(11-13)8-9-18-16/h6-7,11-12,15H,1-5,8-10,17H2. The van der Waals surface area contributed by atoms with Crippen molar-refractivity contribution in [2.45, 2.75) is 51.0 Å². The van der Waals surface area contributed by atoms with E-state index in [-0.39, 0.29) is 6.04 Å². The van der Waals surface area contributed by atoms with Gasteiger partial charge in [0.25, 0.3) is 0 Å². The number of ether oxygens (including phenoxy) is 1. The monoisotopic (exact) mass is 245 g/mol. The summed E-state index contributed by atoms with van der Waals surface area (Å²) < 4.78 is 5.54. The van der Waals surface area contributed by atoms with Crippen molar-refractivity contribution >= 4 is 0 Å². The minimum atomic E-state index is 0.207. The molecule has 1 atom stereocenters. The van der Waals surface area contributed by atoms with Gasteiger partial charge < -0.3 is 10.5 Å². The molecular formula is C16H23NO. The van der Waals surface area contributed by atoms with Crippen LogP contribution >= 0.6 is 0 Å². The molecular weight excluding hydrogens is 222 g/mol. The molecule has 1 unspecified atom stereocenters. The minimum absolute atomic E-state index is 0.207. The Hall–Kier alpha value is -1.02. The molecule has 98 valence electrons. The van der Waals surface area contributed by atoms with E-state index in [4.69, 9.17) is 10.5 Å². The quantitative estimate of drug-likeness (QED) is 0.883. The predicted octanol–water partition coefficient (Wildman–Crippen LogP) is 3.59. The van der Waals surface area contributed by atoms with Crippen LogP contribution in [0.3, 0.4) is 0 Å². The van der Waals surface area contributed by atoms with Crippen LogP contribution in [0, 0.1) is 5.92 Å². The van der Waals surface area contributed by atoms with Gasteiger partial charge in [0.1, 0.15) is 5.75 Å². The van der Waals surface area contributed by atoms with Gasteiger partial charge in [-0.1, -0.05) is 44.2 Å². The Labute approximate surface area is 110 Å². The lowest BCUT2D eigenvalue weighted by Gasteiger charge is -2.24. The fourth-order valence-corrected chi connectivity index (χ4v) is 3.36. The van der Waals surface area contributed by atoms with Crippen LogP contribution in [-0.4, -0.2) is 6.61 Å². The van der Waals surface area contributed by atoms with E-state index in [9.17, 15) is 0 Å². The minimum Gasteiger partial charge on any atom is -0.493 e. The molecule has 0 aromatic heterocycles. The molecule has 1 aromatic rings. The molecule has 0 spiro atoms. The van der Waals surface area contributed by atoms with Crippen LogP contribution in [0.4, 0.5) is 0 Å².